The third kappa shape index (κ3) is 4.30. The molecule has 1 fully saturated rings. The standard InChI is InChI=1S/C23H22FN5O4/c1-31-18-5-2-16(3-6-18)22-12-29(27-26-22)11-19-13-32-23(33-19,14-28-9-8-25-15-28)20-7-4-17(30)10-21(20)24/h2-10,12,15,19,30H,11,13-14H2,1H3/t19-,23-/m0/s1. The number of imidazole rings is 1. The fourth-order valence-electron chi connectivity index (χ4n) is 3.89. The normalized spacial score (nSPS) is 20.2. The van der Waals surface area contributed by atoms with E-state index >= 15 is 0 Å². The molecule has 0 bridgehead atoms. The van der Waals surface area contributed by atoms with E-state index < -0.39 is 17.7 Å². The van der Waals surface area contributed by atoms with Gasteiger partial charge in [-0.2, -0.15) is 0 Å². The van der Waals surface area contributed by atoms with Gasteiger partial charge in [0, 0.05) is 29.6 Å². The average Bonchev–Trinajstić information content (AvgIpc) is 3.57. The van der Waals surface area contributed by atoms with Crippen molar-refractivity contribution in [2.24, 2.45) is 0 Å². The minimum atomic E-state index is -1.37. The van der Waals surface area contributed by atoms with Crippen LogP contribution in [0.2, 0.25) is 0 Å². The lowest BCUT2D eigenvalue weighted by Gasteiger charge is -2.29. The molecule has 1 aliphatic rings. The molecule has 0 saturated carbocycles. The second-order valence-corrected chi connectivity index (χ2v) is 7.76. The Morgan fingerprint density at radius 2 is 2.09 bits per heavy atom. The molecule has 170 valence electrons. The zero-order valence-corrected chi connectivity index (χ0v) is 17.8. The molecule has 0 amide bonds. The van der Waals surface area contributed by atoms with Gasteiger partial charge in [0.05, 0.1) is 39.3 Å². The first-order chi connectivity index (χ1) is 16.0. The van der Waals surface area contributed by atoms with Gasteiger partial charge in [-0.05, 0) is 36.4 Å². The van der Waals surface area contributed by atoms with Gasteiger partial charge in [-0.25, -0.2) is 14.1 Å². The SMILES string of the molecule is COc1ccc(-c2cn(C[C@H]3CO[C@](Cn4ccnc4)(c4ccc(O)cc4F)O3)nn2)cc1. The summed E-state index contributed by atoms with van der Waals surface area (Å²) in [6, 6.07) is 11.5. The van der Waals surface area contributed by atoms with Crippen molar-refractivity contribution in [1.82, 2.24) is 24.5 Å². The monoisotopic (exact) mass is 451 g/mol. The van der Waals surface area contributed by atoms with Crippen LogP contribution in [0.1, 0.15) is 5.56 Å². The molecule has 1 aliphatic heterocycles. The first-order valence-electron chi connectivity index (χ1n) is 10.4. The number of benzene rings is 2. The molecule has 0 spiro atoms. The number of hydrogen-bond acceptors (Lipinski definition) is 7. The first-order valence-corrected chi connectivity index (χ1v) is 10.4. The van der Waals surface area contributed by atoms with Gasteiger partial charge in [0.1, 0.15) is 29.1 Å². The molecular weight excluding hydrogens is 429 g/mol. The molecule has 0 radical (unpaired) electrons. The van der Waals surface area contributed by atoms with Crippen molar-refractivity contribution in [3.05, 3.63) is 78.8 Å². The topological polar surface area (TPSA) is 96.5 Å². The number of phenolic OH excluding ortho intramolecular Hbond substituents is 1. The van der Waals surface area contributed by atoms with Crippen LogP contribution >= 0.6 is 0 Å². The van der Waals surface area contributed by atoms with Crippen LogP contribution in [0, 0.1) is 5.82 Å². The summed E-state index contributed by atoms with van der Waals surface area (Å²) in [4.78, 5) is 4.04. The summed E-state index contributed by atoms with van der Waals surface area (Å²) in [5, 5.41) is 18.1. The van der Waals surface area contributed by atoms with Crippen molar-refractivity contribution in [3.8, 4) is 22.8 Å². The molecule has 10 heteroatoms. The maximum absolute atomic E-state index is 14.8. The highest BCUT2D eigenvalue weighted by Crippen LogP contribution is 2.38. The van der Waals surface area contributed by atoms with Crippen LogP contribution in [0.4, 0.5) is 4.39 Å². The average molecular weight is 451 g/mol. The lowest BCUT2D eigenvalue weighted by atomic mass is 10.0. The molecule has 1 saturated heterocycles. The molecule has 5 rings (SSSR count). The number of phenols is 1. The minimum absolute atomic E-state index is 0.169. The molecule has 3 heterocycles. The van der Waals surface area contributed by atoms with Gasteiger partial charge in [-0.15, -0.1) is 5.10 Å². The van der Waals surface area contributed by atoms with Crippen LogP contribution in [0.5, 0.6) is 11.5 Å². The lowest BCUT2D eigenvalue weighted by Crippen LogP contribution is -2.35. The molecular formula is C23H22FN5O4. The molecule has 0 aliphatic carbocycles. The Kier molecular flexibility index (Phi) is 5.53. The Balaban J connectivity index is 1.36. The van der Waals surface area contributed by atoms with Crippen LogP contribution in [0.3, 0.4) is 0 Å². The third-order valence-corrected chi connectivity index (χ3v) is 5.49. The van der Waals surface area contributed by atoms with Crippen LogP contribution in [-0.4, -0.2) is 49.5 Å². The Labute approximate surface area is 189 Å². The van der Waals surface area contributed by atoms with E-state index in [1.54, 1.807) is 35.1 Å². The molecule has 2 aromatic carbocycles. The Bertz CT molecular complexity index is 1230. The van der Waals surface area contributed by atoms with Gasteiger partial charge in [0.2, 0.25) is 5.79 Å². The van der Waals surface area contributed by atoms with E-state index in [-0.39, 0.29) is 24.5 Å². The number of aromatic nitrogens is 5. The molecule has 2 aromatic heterocycles. The fourth-order valence-corrected chi connectivity index (χ4v) is 3.89. The maximum Gasteiger partial charge on any atom is 0.216 e. The van der Waals surface area contributed by atoms with Crippen molar-refractivity contribution in [2.45, 2.75) is 25.0 Å². The number of methoxy groups -OCH3 is 1. The van der Waals surface area contributed by atoms with E-state index in [0.717, 1.165) is 17.4 Å². The number of hydrogen-bond donors (Lipinski definition) is 1. The van der Waals surface area contributed by atoms with Gasteiger partial charge < -0.3 is 23.9 Å². The molecule has 4 aromatic rings. The van der Waals surface area contributed by atoms with Crippen molar-refractivity contribution in [2.75, 3.05) is 13.7 Å². The summed E-state index contributed by atoms with van der Waals surface area (Å²) in [5.41, 5.74) is 1.83. The summed E-state index contributed by atoms with van der Waals surface area (Å²) in [7, 11) is 1.62. The highest BCUT2D eigenvalue weighted by Gasteiger charge is 2.45. The number of halogens is 1. The van der Waals surface area contributed by atoms with Gasteiger partial charge in [0.25, 0.3) is 0 Å². The predicted molar refractivity (Wildman–Crippen MR) is 115 cm³/mol. The van der Waals surface area contributed by atoms with Crippen LogP contribution in [0.25, 0.3) is 11.3 Å². The lowest BCUT2D eigenvalue weighted by molar-refractivity contribution is -0.190. The predicted octanol–water partition coefficient (Wildman–Crippen LogP) is 2.96. The maximum atomic E-state index is 14.8. The highest BCUT2D eigenvalue weighted by atomic mass is 19.1. The van der Waals surface area contributed by atoms with E-state index in [4.69, 9.17) is 14.2 Å². The van der Waals surface area contributed by atoms with Crippen LogP contribution < -0.4 is 4.74 Å². The van der Waals surface area contributed by atoms with E-state index in [1.807, 2.05) is 30.5 Å². The summed E-state index contributed by atoms with van der Waals surface area (Å²) in [6.07, 6.45) is 6.41. The molecule has 1 N–H and O–H groups in total. The molecule has 2 atom stereocenters. The van der Waals surface area contributed by atoms with Gasteiger partial charge in [-0.3, -0.25) is 0 Å². The number of rotatable bonds is 7. The third-order valence-electron chi connectivity index (χ3n) is 5.49. The van der Waals surface area contributed by atoms with Gasteiger partial charge in [0.15, 0.2) is 0 Å². The van der Waals surface area contributed by atoms with Gasteiger partial charge in [-0.1, -0.05) is 5.21 Å². The molecule has 0 unspecified atom stereocenters. The number of ether oxygens (including phenoxy) is 3. The highest BCUT2D eigenvalue weighted by molar-refractivity contribution is 5.58. The number of aromatic hydroxyl groups is 1. The molecule has 33 heavy (non-hydrogen) atoms. The Hall–Kier alpha value is -3.76. The summed E-state index contributed by atoms with van der Waals surface area (Å²) < 4.78 is 35.7. The summed E-state index contributed by atoms with van der Waals surface area (Å²) in [5.74, 6) is -1.39. The van der Waals surface area contributed by atoms with Crippen molar-refractivity contribution >= 4 is 0 Å². The summed E-state index contributed by atoms with van der Waals surface area (Å²) in [6.45, 7) is 0.793. The zero-order valence-electron chi connectivity index (χ0n) is 17.8. The van der Waals surface area contributed by atoms with E-state index in [9.17, 15) is 9.50 Å². The van der Waals surface area contributed by atoms with E-state index in [2.05, 4.69) is 15.3 Å². The first kappa shape index (κ1) is 21.1. The van der Waals surface area contributed by atoms with Gasteiger partial charge >= 0.3 is 0 Å². The van der Waals surface area contributed by atoms with Crippen molar-refractivity contribution in [1.29, 1.82) is 0 Å². The largest absolute Gasteiger partial charge is 0.508 e. The summed E-state index contributed by atoms with van der Waals surface area (Å²) >= 11 is 0. The smallest absolute Gasteiger partial charge is 0.216 e. The Morgan fingerprint density at radius 3 is 2.82 bits per heavy atom. The molecule has 9 nitrogen and oxygen atoms in total. The number of nitrogens with zero attached hydrogens (tertiary/aromatic N) is 5. The van der Waals surface area contributed by atoms with Crippen molar-refractivity contribution in [3.63, 3.8) is 0 Å². The minimum Gasteiger partial charge on any atom is -0.508 e. The van der Waals surface area contributed by atoms with E-state index in [0.29, 0.717) is 12.2 Å². The fraction of sp³-hybridized carbons (Fsp3) is 0.261. The Morgan fingerprint density at radius 1 is 1.24 bits per heavy atom. The van der Waals surface area contributed by atoms with E-state index in [1.165, 1.54) is 12.1 Å². The quantitative estimate of drug-likeness (QED) is 0.461. The second-order valence-electron chi connectivity index (χ2n) is 7.76. The zero-order chi connectivity index (χ0) is 22.8. The van der Waals surface area contributed by atoms with Crippen LogP contribution in [-0.2, 0) is 28.4 Å². The van der Waals surface area contributed by atoms with Crippen molar-refractivity contribution < 1.29 is 23.7 Å². The second kappa shape index (κ2) is 8.64. The van der Waals surface area contributed by atoms with Crippen LogP contribution in [0.15, 0.2) is 67.4 Å².